The van der Waals surface area contributed by atoms with Crippen LogP contribution in [0.3, 0.4) is 0 Å². The highest BCUT2D eigenvalue weighted by Gasteiger charge is 2.12. The van der Waals surface area contributed by atoms with Gasteiger partial charge in [0.1, 0.15) is 17.4 Å². The average Bonchev–Trinajstić information content (AvgIpc) is 2.75. The number of carboxylic acid groups (broad SMARTS) is 1. The molecule has 0 unspecified atom stereocenters. The number of carbonyl (C=O) groups is 1. The van der Waals surface area contributed by atoms with Crippen molar-refractivity contribution in [1.82, 2.24) is 5.32 Å². The standard InChI is InChI=1S/C17H15FN2O3.C6H5FS/c1-20-9-11-2-3-16(23-10-17(21)22)15(6-11)13-4-12(8-19)5-14(18)7-13;7-5-1-3-6(8)4-2-5/h2-7,20H,9-10H2,1H3,(H,21,22);1-4,8H. The maximum absolute atomic E-state index is 13.7. The van der Waals surface area contributed by atoms with Crippen LogP contribution in [0.5, 0.6) is 5.75 Å². The molecule has 160 valence electrons. The second-order valence-electron chi connectivity index (χ2n) is 6.36. The van der Waals surface area contributed by atoms with Gasteiger partial charge in [-0.25, -0.2) is 13.6 Å². The van der Waals surface area contributed by atoms with E-state index in [2.05, 4.69) is 17.9 Å². The molecule has 0 aliphatic rings. The molecule has 8 heteroatoms. The van der Waals surface area contributed by atoms with Crippen LogP contribution in [0.2, 0.25) is 0 Å². The first-order valence-electron chi connectivity index (χ1n) is 9.10. The van der Waals surface area contributed by atoms with Crippen LogP contribution in [-0.4, -0.2) is 24.7 Å². The number of hydrogen-bond acceptors (Lipinski definition) is 5. The van der Waals surface area contributed by atoms with Crippen molar-refractivity contribution in [3.63, 3.8) is 0 Å². The molecule has 3 aromatic carbocycles. The number of ether oxygens (including phenoxy) is 1. The third kappa shape index (κ3) is 7.74. The second kappa shape index (κ2) is 11.7. The zero-order valence-corrected chi connectivity index (χ0v) is 17.5. The van der Waals surface area contributed by atoms with E-state index in [-0.39, 0.29) is 11.4 Å². The minimum atomic E-state index is -1.10. The Morgan fingerprint density at radius 2 is 1.81 bits per heavy atom. The van der Waals surface area contributed by atoms with Crippen LogP contribution in [0.4, 0.5) is 8.78 Å². The Bertz CT molecular complexity index is 1060. The molecular weight excluding hydrogens is 422 g/mol. The third-order valence-corrected chi connectivity index (χ3v) is 4.24. The summed E-state index contributed by atoms with van der Waals surface area (Å²) in [5, 5.41) is 20.8. The predicted octanol–water partition coefficient (Wildman–Crippen LogP) is 4.66. The van der Waals surface area contributed by atoms with Gasteiger partial charge >= 0.3 is 5.97 Å². The van der Waals surface area contributed by atoms with E-state index in [0.29, 0.717) is 23.4 Å². The maximum Gasteiger partial charge on any atom is 0.341 e. The van der Waals surface area contributed by atoms with Gasteiger partial charge in [-0.1, -0.05) is 6.07 Å². The van der Waals surface area contributed by atoms with Crippen LogP contribution in [-0.2, 0) is 11.3 Å². The summed E-state index contributed by atoms with van der Waals surface area (Å²) in [7, 11) is 1.80. The fraction of sp³-hybridized carbons (Fsp3) is 0.130. The quantitative estimate of drug-likeness (QED) is 0.484. The van der Waals surface area contributed by atoms with Gasteiger partial charge in [0.05, 0.1) is 11.6 Å². The first kappa shape index (κ1) is 23.9. The number of aliphatic carboxylic acids is 1. The number of halogens is 2. The van der Waals surface area contributed by atoms with Crippen molar-refractivity contribution in [3.8, 4) is 22.9 Å². The molecule has 3 aromatic rings. The summed E-state index contributed by atoms with van der Waals surface area (Å²) in [6.07, 6.45) is 0. The van der Waals surface area contributed by atoms with Crippen LogP contribution in [0.25, 0.3) is 11.1 Å². The lowest BCUT2D eigenvalue weighted by Crippen LogP contribution is -2.10. The Balaban J connectivity index is 0.000000357. The first-order valence-corrected chi connectivity index (χ1v) is 9.55. The van der Waals surface area contributed by atoms with E-state index in [4.69, 9.17) is 15.1 Å². The summed E-state index contributed by atoms with van der Waals surface area (Å²) in [4.78, 5) is 11.5. The second-order valence-corrected chi connectivity index (χ2v) is 6.88. The summed E-state index contributed by atoms with van der Waals surface area (Å²) in [6.45, 7) is 0.0887. The van der Waals surface area contributed by atoms with E-state index in [1.54, 1.807) is 37.4 Å². The SMILES string of the molecule is CNCc1ccc(OCC(=O)O)c(-c2cc(F)cc(C#N)c2)c1.Fc1ccc(S)cc1. The lowest BCUT2D eigenvalue weighted by atomic mass is 10.00. The summed E-state index contributed by atoms with van der Waals surface area (Å²) >= 11 is 3.97. The number of rotatable bonds is 6. The fourth-order valence-corrected chi connectivity index (χ4v) is 2.78. The van der Waals surface area contributed by atoms with Gasteiger partial charge in [0.15, 0.2) is 6.61 Å². The van der Waals surface area contributed by atoms with Crippen LogP contribution in [0.1, 0.15) is 11.1 Å². The molecule has 0 aromatic heterocycles. The van der Waals surface area contributed by atoms with Crippen LogP contribution >= 0.6 is 12.6 Å². The van der Waals surface area contributed by atoms with Gasteiger partial charge < -0.3 is 15.2 Å². The molecule has 0 spiro atoms. The van der Waals surface area contributed by atoms with E-state index >= 15 is 0 Å². The van der Waals surface area contributed by atoms with Crippen LogP contribution in [0.15, 0.2) is 65.6 Å². The zero-order chi connectivity index (χ0) is 22.8. The van der Waals surface area contributed by atoms with E-state index in [9.17, 15) is 13.6 Å². The molecule has 0 fully saturated rings. The molecule has 0 radical (unpaired) electrons. The molecule has 0 amide bonds. The lowest BCUT2D eigenvalue weighted by molar-refractivity contribution is -0.139. The number of nitrogens with one attached hydrogen (secondary N) is 1. The van der Waals surface area contributed by atoms with E-state index < -0.39 is 18.4 Å². The summed E-state index contributed by atoms with van der Waals surface area (Å²) in [5.41, 5.74) is 2.10. The monoisotopic (exact) mass is 442 g/mol. The fourth-order valence-electron chi connectivity index (χ4n) is 2.63. The third-order valence-electron chi connectivity index (χ3n) is 3.94. The number of nitriles is 1. The van der Waals surface area contributed by atoms with Gasteiger partial charge in [0.25, 0.3) is 0 Å². The Morgan fingerprint density at radius 3 is 2.39 bits per heavy atom. The number of benzene rings is 3. The molecule has 0 atom stereocenters. The normalized spacial score (nSPS) is 9.90. The van der Waals surface area contributed by atoms with E-state index in [0.717, 1.165) is 16.5 Å². The summed E-state index contributed by atoms with van der Waals surface area (Å²) in [5.74, 6) is -1.54. The highest BCUT2D eigenvalue weighted by Crippen LogP contribution is 2.32. The van der Waals surface area contributed by atoms with Crippen molar-refractivity contribution in [2.24, 2.45) is 0 Å². The topological polar surface area (TPSA) is 82.3 Å². The van der Waals surface area contributed by atoms with Crippen LogP contribution in [0, 0.1) is 23.0 Å². The molecule has 2 N–H and O–H groups in total. The molecule has 5 nitrogen and oxygen atoms in total. The summed E-state index contributed by atoms with van der Waals surface area (Å²) in [6, 6.07) is 17.0. The number of hydrogen-bond donors (Lipinski definition) is 3. The van der Waals surface area contributed by atoms with Crippen molar-refractivity contribution >= 4 is 18.6 Å². The van der Waals surface area contributed by atoms with Crippen molar-refractivity contribution in [2.45, 2.75) is 11.4 Å². The van der Waals surface area contributed by atoms with Gasteiger partial charge in [-0.2, -0.15) is 5.26 Å². The van der Waals surface area contributed by atoms with Crippen LogP contribution < -0.4 is 10.1 Å². The van der Waals surface area contributed by atoms with Gasteiger partial charge in [-0.3, -0.25) is 0 Å². The molecule has 31 heavy (non-hydrogen) atoms. The minimum absolute atomic E-state index is 0.184. The largest absolute Gasteiger partial charge is 0.481 e. The Morgan fingerprint density at radius 1 is 1.10 bits per heavy atom. The Hall–Kier alpha value is -3.41. The number of carboxylic acids is 1. The molecule has 0 heterocycles. The predicted molar refractivity (Wildman–Crippen MR) is 116 cm³/mol. The highest BCUT2D eigenvalue weighted by molar-refractivity contribution is 7.80. The van der Waals surface area contributed by atoms with Gasteiger partial charge in [-0.05, 0) is 72.8 Å². The van der Waals surface area contributed by atoms with E-state index in [1.165, 1.54) is 24.3 Å². The molecule has 0 aliphatic heterocycles. The molecule has 3 rings (SSSR count). The first-order chi connectivity index (χ1) is 14.8. The molecule has 0 bridgehead atoms. The van der Waals surface area contributed by atoms with Crippen molar-refractivity contribution in [1.29, 1.82) is 5.26 Å². The van der Waals surface area contributed by atoms with Gasteiger partial charge in [0.2, 0.25) is 0 Å². The molecule has 0 saturated carbocycles. The lowest BCUT2D eigenvalue weighted by Gasteiger charge is -2.13. The molecular formula is C23H20F2N2O3S. The van der Waals surface area contributed by atoms with Gasteiger partial charge in [0, 0.05) is 17.0 Å². The Kier molecular flexibility index (Phi) is 9.00. The number of thiol groups is 1. The number of nitrogens with zero attached hydrogens (tertiary/aromatic N) is 1. The van der Waals surface area contributed by atoms with Crippen molar-refractivity contribution in [3.05, 3.63) is 83.4 Å². The maximum atomic E-state index is 13.7. The average molecular weight is 442 g/mol. The van der Waals surface area contributed by atoms with E-state index in [1.807, 2.05) is 6.07 Å². The zero-order valence-electron chi connectivity index (χ0n) is 16.6. The minimum Gasteiger partial charge on any atom is -0.481 e. The van der Waals surface area contributed by atoms with Crippen molar-refractivity contribution < 1.29 is 23.4 Å². The smallest absolute Gasteiger partial charge is 0.341 e. The molecule has 0 aliphatic carbocycles. The summed E-state index contributed by atoms with van der Waals surface area (Å²) < 4.78 is 31.0. The van der Waals surface area contributed by atoms with Gasteiger partial charge in [-0.15, -0.1) is 12.6 Å². The highest BCUT2D eigenvalue weighted by atomic mass is 32.1. The Labute approximate surface area is 184 Å². The van der Waals surface area contributed by atoms with Crippen molar-refractivity contribution in [2.75, 3.05) is 13.7 Å². The molecule has 0 saturated heterocycles.